The molecule has 1 heterocycles. The second kappa shape index (κ2) is 9.87. The van der Waals surface area contributed by atoms with Gasteiger partial charge in [0.25, 0.3) is 0 Å². The molecule has 0 unspecified atom stereocenters. The molecule has 0 spiro atoms. The third-order valence-electron chi connectivity index (χ3n) is 4.64. The van der Waals surface area contributed by atoms with Gasteiger partial charge in [-0.2, -0.15) is 0 Å². The van der Waals surface area contributed by atoms with E-state index in [4.69, 9.17) is 4.74 Å². The van der Waals surface area contributed by atoms with Gasteiger partial charge in [0.2, 0.25) is 11.8 Å². The highest BCUT2D eigenvalue weighted by Crippen LogP contribution is 2.22. The van der Waals surface area contributed by atoms with Crippen LogP contribution in [0.1, 0.15) is 0 Å². The SMILES string of the molecule is COc1ccccc1NC(=O)CN1CCN(CC(=O)Nc2ccccc2)CC1. The van der Waals surface area contributed by atoms with Gasteiger partial charge in [-0.25, -0.2) is 0 Å². The molecule has 28 heavy (non-hydrogen) atoms. The van der Waals surface area contributed by atoms with Crippen LogP contribution in [0.2, 0.25) is 0 Å². The quantitative estimate of drug-likeness (QED) is 0.765. The number of nitrogens with one attached hydrogen (secondary N) is 2. The number of benzene rings is 2. The molecule has 0 atom stereocenters. The fourth-order valence-electron chi connectivity index (χ4n) is 3.17. The number of ether oxygens (including phenoxy) is 1. The molecule has 3 rings (SSSR count). The molecule has 1 fully saturated rings. The maximum absolute atomic E-state index is 12.3. The molecule has 1 saturated heterocycles. The number of carbonyl (C=O) groups excluding carboxylic acids is 2. The third kappa shape index (κ3) is 5.80. The Morgan fingerprint density at radius 3 is 1.96 bits per heavy atom. The zero-order chi connectivity index (χ0) is 19.8. The predicted molar refractivity (Wildman–Crippen MR) is 110 cm³/mol. The number of anilines is 2. The molecule has 7 nitrogen and oxygen atoms in total. The maximum atomic E-state index is 12.3. The molecule has 0 saturated carbocycles. The number of carbonyl (C=O) groups is 2. The highest BCUT2D eigenvalue weighted by molar-refractivity contribution is 5.93. The van der Waals surface area contributed by atoms with E-state index in [1.54, 1.807) is 7.11 Å². The molecule has 7 heteroatoms. The monoisotopic (exact) mass is 382 g/mol. The summed E-state index contributed by atoms with van der Waals surface area (Å²) in [6.07, 6.45) is 0. The molecular weight excluding hydrogens is 356 g/mol. The molecule has 148 valence electrons. The van der Waals surface area contributed by atoms with E-state index < -0.39 is 0 Å². The Morgan fingerprint density at radius 2 is 1.36 bits per heavy atom. The van der Waals surface area contributed by atoms with Crippen molar-refractivity contribution in [1.82, 2.24) is 9.80 Å². The predicted octanol–water partition coefficient (Wildman–Crippen LogP) is 1.89. The van der Waals surface area contributed by atoms with Crippen molar-refractivity contribution in [1.29, 1.82) is 0 Å². The van der Waals surface area contributed by atoms with Gasteiger partial charge in [0.1, 0.15) is 5.75 Å². The summed E-state index contributed by atoms with van der Waals surface area (Å²) in [5.74, 6) is 0.554. The average Bonchev–Trinajstić information content (AvgIpc) is 2.70. The van der Waals surface area contributed by atoms with Crippen LogP contribution in [0.25, 0.3) is 0 Å². The summed E-state index contributed by atoms with van der Waals surface area (Å²) < 4.78 is 5.26. The van der Waals surface area contributed by atoms with E-state index in [2.05, 4.69) is 20.4 Å². The fourth-order valence-corrected chi connectivity index (χ4v) is 3.17. The summed E-state index contributed by atoms with van der Waals surface area (Å²) in [5.41, 5.74) is 1.48. The van der Waals surface area contributed by atoms with E-state index in [0.29, 0.717) is 24.5 Å². The van der Waals surface area contributed by atoms with E-state index in [9.17, 15) is 9.59 Å². The Labute approximate surface area is 165 Å². The molecule has 0 radical (unpaired) electrons. The summed E-state index contributed by atoms with van der Waals surface area (Å²) in [6.45, 7) is 3.68. The molecular formula is C21H26N4O3. The highest BCUT2D eigenvalue weighted by atomic mass is 16.5. The Balaban J connectivity index is 1.40. The van der Waals surface area contributed by atoms with Crippen LogP contribution in [0.15, 0.2) is 54.6 Å². The third-order valence-corrected chi connectivity index (χ3v) is 4.64. The zero-order valence-electron chi connectivity index (χ0n) is 16.1. The van der Waals surface area contributed by atoms with Gasteiger partial charge < -0.3 is 15.4 Å². The first-order chi connectivity index (χ1) is 13.6. The zero-order valence-corrected chi connectivity index (χ0v) is 16.1. The van der Waals surface area contributed by atoms with Crippen molar-refractivity contribution in [2.24, 2.45) is 0 Å². The molecule has 0 aliphatic carbocycles. The van der Waals surface area contributed by atoms with Crippen LogP contribution in [0.4, 0.5) is 11.4 Å². The minimum atomic E-state index is -0.0697. The van der Waals surface area contributed by atoms with E-state index in [0.717, 1.165) is 31.9 Å². The van der Waals surface area contributed by atoms with Crippen molar-refractivity contribution in [2.75, 3.05) is 57.0 Å². The first-order valence-electron chi connectivity index (χ1n) is 9.36. The topological polar surface area (TPSA) is 73.9 Å². The van der Waals surface area contributed by atoms with Crippen molar-refractivity contribution >= 4 is 23.2 Å². The van der Waals surface area contributed by atoms with Crippen molar-refractivity contribution < 1.29 is 14.3 Å². The smallest absolute Gasteiger partial charge is 0.238 e. The number of methoxy groups -OCH3 is 1. The van der Waals surface area contributed by atoms with Crippen LogP contribution in [-0.2, 0) is 9.59 Å². The molecule has 2 aromatic carbocycles. The number of nitrogens with zero attached hydrogens (tertiary/aromatic N) is 2. The Kier molecular flexibility index (Phi) is 7.00. The maximum Gasteiger partial charge on any atom is 0.238 e. The van der Waals surface area contributed by atoms with Gasteiger partial charge in [0.05, 0.1) is 25.9 Å². The van der Waals surface area contributed by atoms with Crippen LogP contribution < -0.4 is 15.4 Å². The molecule has 2 N–H and O–H groups in total. The van der Waals surface area contributed by atoms with Gasteiger partial charge in [0.15, 0.2) is 0 Å². The van der Waals surface area contributed by atoms with Gasteiger partial charge >= 0.3 is 0 Å². The average molecular weight is 382 g/mol. The lowest BCUT2D eigenvalue weighted by atomic mass is 10.2. The van der Waals surface area contributed by atoms with E-state index in [-0.39, 0.29) is 11.8 Å². The molecule has 1 aliphatic rings. The summed E-state index contributed by atoms with van der Waals surface area (Å²) in [5, 5.41) is 5.80. The van der Waals surface area contributed by atoms with E-state index in [1.165, 1.54) is 0 Å². The van der Waals surface area contributed by atoms with Crippen molar-refractivity contribution in [3.05, 3.63) is 54.6 Å². The molecule has 1 aliphatic heterocycles. The number of hydrogen-bond acceptors (Lipinski definition) is 5. The first kappa shape index (κ1) is 19.9. The van der Waals surface area contributed by atoms with Crippen LogP contribution >= 0.6 is 0 Å². The Bertz CT molecular complexity index is 789. The summed E-state index contributed by atoms with van der Waals surface area (Å²) in [4.78, 5) is 28.7. The fraction of sp³-hybridized carbons (Fsp3) is 0.333. The number of para-hydroxylation sites is 3. The lowest BCUT2D eigenvalue weighted by Gasteiger charge is -2.33. The summed E-state index contributed by atoms with van der Waals surface area (Å²) >= 11 is 0. The first-order valence-corrected chi connectivity index (χ1v) is 9.36. The Morgan fingerprint density at radius 1 is 0.821 bits per heavy atom. The van der Waals surface area contributed by atoms with Gasteiger partial charge in [-0.15, -0.1) is 0 Å². The number of hydrogen-bond donors (Lipinski definition) is 2. The van der Waals surface area contributed by atoms with Gasteiger partial charge in [0, 0.05) is 31.9 Å². The van der Waals surface area contributed by atoms with Gasteiger partial charge in [-0.3, -0.25) is 19.4 Å². The molecule has 0 bridgehead atoms. The van der Waals surface area contributed by atoms with Gasteiger partial charge in [-0.05, 0) is 24.3 Å². The van der Waals surface area contributed by atoms with Crippen LogP contribution in [-0.4, -0.2) is 68.0 Å². The number of rotatable bonds is 7. The molecule has 2 aromatic rings. The summed E-state index contributed by atoms with van der Waals surface area (Å²) in [6, 6.07) is 16.8. The van der Waals surface area contributed by atoms with Crippen molar-refractivity contribution in [3.63, 3.8) is 0 Å². The highest BCUT2D eigenvalue weighted by Gasteiger charge is 2.21. The van der Waals surface area contributed by atoms with Gasteiger partial charge in [-0.1, -0.05) is 30.3 Å². The van der Waals surface area contributed by atoms with E-state index >= 15 is 0 Å². The second-order valence-corrected chi connectivity index (χ2v) is 6.71. The molecule has 0 aromatic heterocycles. The van der Waals surface area contributed by atoms with Crippen molar-refractivity contribution in [2.45, 2.75) is 0 Å². The minimum Gasteiger partial charge on any atom is -0.495 e. The summed E-state index contributed by atoms with van der Waals surface area (Å²) in [7, 11) is 1.58. The van der Waals surface area contributed by atoms with Crippen LogP contribution in [0.3, 0.4) is 0 Å². The van der Waals surface area contributed by atoms with Crippen molar-refractivity contribution in [3.8, 4) is 5.75 Å². The lowest BCUT2D eigenvalue weighted by Crippen LogP contribution is -2.50. The normalized spacial score (nSPS) is 15.0. The number of amides is 2. The van der Waals surface area contributed by atoms with E-state index in [1.807, 2.05) is 54.6 Å². The lowest BCUT2D eigenvalue weighted by molar-refractivity contribution is -0.120. The number of piperazine rings is 1. The minimum absolute atomic E-state index is 0.0198. The standard InChI is InChI=1S/C21H26N4O3/c1-28-19-10-6-5-9-18(19)23-21(27)16-25-13-11-24(12-14-25)15-20(26)22-17-7-3-2-4-8-17/h2-10H,11-16H2,1H3,(H,22,26)(H,23,27). The largest absolute Gasteiger partial charge is 0.495 e. The Hall–Kier alpha value is -2.90. The van der Waals surface area contributed by atoms with Crippen LogP contribution in [0.5, 0.6) is 5.75 Å². The second-order valence-electron chi connectivity index (χ2n) is 6.71. The molecule has 2 amide bonds. The van der Waals surface area contributed by atoms with Crippen LogP contribution in [0, 0.1) is 0 Å².